The number of hydrogen-bond acceptors (Lipinski definition) is 11. The van der Waals surface area contributed by atoms with E-state index in [0.717, 1.165) is 0 Å². The number of nitrogens with two attached hydrogens (primary N) is 1. The van der Waals surface area contributed by atoms with Crippen molar-refractivity contribution in [1.29, 1.82) is 0 Å². The Morgan fingerprint density at radius 1 is 0.756 bits per heavy atom. The molecule has 0 saturated heterocycles. The van der Waals surface area contributed by atoms with Crippen LogP contribution < -0.4 is 15.2 Å². The predicted octanol–water partition coefficient (Wildman–Crippen LogP) is 5.59. The molecule has 0 aliphatic carbocycles. The summed E-state index contributed by atoms with van der Waals surface area (Å²) < 4.78 is 31.3. The normalized spacial score (nSPS) is 13.4. The molecule has 0 heterocycles. The maximum Gasteiger partial charge on any atom is 0.513 e. The summed E-state index contributed by atoms with van der Waals surface area (Å²) in [6.45, 7) is 16.8. The Balaban J connectivity index is 3.22. The SMILES string of the molecule is CCC(C)(C)C(=O)OCC[C@@](N)(Cc1ccc(OC(=O)OCC(C)(C)C)c(OC(=O)OCC(C)(C)C)c1)C(=O)OC. The molecule has 0 amide bonds. The van der Waals surface area contributed by atoms with Gasteiger partial charge in [0, 0.05) is 12.8 Å². The fourth-order valence-electron chi connectivity index (χ4n) is 3.11. The number of methoxy groups -OCH3 is 1. The van der Waals surface area contributed by atoms with Crippen molar-refractivity contribution in [2.45, 2.75) is 87.1 Å². The van der Waals surface area contributed by atoms with Crippen LogP contribution in [-0.4, -0.2) is 56.7 Å². The smallest absolute Gasteiger partial charge is 0.468 e. The van der Waals surface area contributed by atoms with Crippen molar-refractivity contribution in [1.82, 2.24) is 0 Å². The van der Waals surface area contributed by atoms with Gasteiger partial charge in [0.1, 0.15) is 5.54 Å². The van der Waals surface area contributed by atoms with E-state index in [-0.39, 0.29) is 55.0 Å². The molecule has 11 heteroatoms. The van der Waals surface area contributed by atoms with E-state index in [1.807, 2.05) is 48.5 Å². The largest absolute Gasteiger partial charge is 0.513 e. The highest BCUT2D eigenvalue weighted by atomic mass is 16.7. The van der Waals surface area contributed by atoms with Gasteiger partial charge in [0.05, 0.1) is 32.3 Å². The van der Waals surface area contributed by atoms with Crippen LogP contribution in [0.4, 0.5) is 9.59 Å². The average molecular weight is 582 g/mol. The molecule has 1 rings (SSSR count). The topological polar surface area (TPSA) is 150 Å². The predicted molar refractivity (Wildman–Crippen MR) is 152 cm³/mol. The van der Waals surface area contributed by atoms with E-state index >= 15 is 0 Å². The third-order valence-electron chi connectivity index (χ3n) is 5.97. The Labute approximate surface area is 243 Å². The van der Waals surface area contributed by atoms with E-state index in [4.69, 9.17) is 34.2 Å². The highest BCUT2D eigenvalue weighted by Crippen LogP contribution is 2.32. The third kappa shape index (κ3) is 12.8. The second kappa shape index (κ2) is 14.5. The van der Waals surface area contributed by atoms with Gasteiger partial charge in [0.25, 0.3) is 0 Å². The monoisotopic (exact) mass is 581 g/mol. The molecular formula is C30H47NO10. The lowest BCUT2D eigenvalue weighted by Gasteiger charge is -2.28. The molecule has 232 valence electrons. The zero-order valence-corrected chi connectivity index (χ0v) is 26.1. The number of carbonyl (C=O) groups excluding carboxylic acids is 4. The lowest BCUT2D eigenvalue weighted by atomic mass is 9.88. The van der Waals surface area contributed by atoms with Crippen LogP contribution in [-0.2, 0) is 35.0 Å². The number of carbonyl (C=O) groups is 4. The van der Waals surface area contributed by atoms with Gasteiger partial charge >= 0.3 is 24.2 Å². The molecule has 0 aliphatic rings. The summed E-state index contributed by atoms with van der Waals surface area (Å²) in [6.07, 6.45) is -1.53. The van der Waals surface area contributed by atoms with Gasteiger partial charge in [-0.2, -0.15) is 0 Å². The maximum absolute atomic E-state index is 12.7. The first-order valence-corrected chi connectivity index (χ1v) is 13.6. The van der Waals surface area contributed by atoms with E-state index in [0.29, 0.717) is 12.0 Å². The first-order chi connectivity index (χ1) is 18.7. The molecule has 11 nitrogen and oxygen atoms in total. The Kier molecular flexibility index (Phi) is 12.6. The zero-order chi connectivity index (χ0) is 31.6. The number of benzene rings is 1. The van der Waals surface area contributed by atoms with Gasteiger partial charge in [-0.15, -0.1) is 0 Å². The van der Waals surface area contributed by atoms with Crippen molar-refractivity contribution in [3.05, 3.63) is 23.8 Å². The van der Waals surface area contributed by atoms with Crippen LogP contribution in [0.3, 0.4) is 0 Å². The van der Waals surface area contributed by atoms with Crippen molar-refractivity contribution in [3.63, 3.8) is 0 Å². The second-order valence-corrected chi connectivity index (χ2v) is 13.1. The molecule has 0 bridgehead atoms. The van der Waals surface area contributed by atoms with E-state index in [9.17, 15) is 19.2 Å². The molecule has 0 spiro atoms. The zero-order valence-electron chi connectivity index (χ0n) is 26.1. The van der Waals surface area contributed by atoms with Gasteiger partial charge in [-0.05, 0) is 48.8 Å². The third-order valence-corrected chi connectivity index (χ3v) is 5.97. The van der Waals surface area contributed by atoms with E-state index in [2.05, 4.69) is 0 Å². The highest BCUT2D eigenvalue weighted by molar-refractivity contribution is 5.81. The lowest BCUT2D eigenvalue weighted by Crippen LogP contribution is -2.51. The second-order valence-electron chi connectivity index (χ2n) is 13.1. The van der Waals surface area contributed by atoms with Gasteiger partial charge in [-0.1, -0.05) is 54.5 Å². The van der Waals surface area contributed by atoms with Crippen LogP contribution in [0.5, 0.6) is 11.5 Å². The van der Waals surface area contributed by atoms with Crippen LogP contribution in [0.1, 0.15) is 80.7 Å². The van der Waals surface area contributed by atoms with Crippen molar-refractivity contribution in [2.75, 3.05) is 26.9 Å². The summed E-state index contributed by atoms with van der Waals surface area (Å²) in [5.74, 6) is -1.37. The van der Waals surface area contributed by atoms with Crippen LogP contribution in [0, 0.1) is 16.2 Å². The van der Waals surface area contributed by atoms with E-state index < -0.39 is 35.2 Å². The number of esters is 2. The fourth-order valence-corrected chi connectivity index (χ4v) is 3.11. The van der Waals surface area contributed by atoms with Crippen LogP contribution in [0.2, 0.25) is 0 Å². The van der Waals surface area contributed by atoms with Gasteiger partial charge in [0.2, 0.25) is 0 Å². The summed E-state index contributed by atoms with van der Waals surface area (Å²) in [5.41, 5.74) is 4.04. The van der Waals surface area contributed by atoms with Gasteiger partial charge in [0.15, 0.2) is 11.5 Å². The molecule has 1 aromatic rings. The van der Waals surface area contributed by atoms with Crippen LogP contribution in [0.25, 0.3) is 0 Å². The summed E-state index contributed by atoms with van der Waals surface area (Å²) in [6, 6.07) is 4.35. The van der Waals surface area contributed by atoms with Crippen molar-refractivity contribution in [2.24, 2.45) is 22.0 Å². The molecule has 0 saturated carbocycles. The first kappa shape index (κ1) is 35.7. The maximum atomic E-state index is 12.7. The summed E-state index contributed by atoms with van der Waals surface area (Å²) in [5, 5.41) is 0. The molecule has 0 radical (unpaired) electrons. The minimum atomic E-state index is -1.58. The number of ether oxygens (including phenoxy) is 6. The fraction of sp³-hybridized carbons (Fsp3) is 0.667. The van der Waals surface area contributed by atoms with Crippen LogP contribution in [0.15, 0.2) is 18.2 Å². The molecular weight excluding hydrogens is 534 g/mol. The van der Waals surface area contributed by atoms with Gasteiger partial charge in [-0.3, -0.25) is 9.59 Å². The molecule has 2 N–H and O–H groups in total. The molecule has 0 fully saturated rings. The molecule has 1 atom stereocenters. The highest BCUT2D eigenvalue weighted by Gasteiger charge is 2.37. The van der Waals surface area contributed by atoms with E-state index in [1.54, 1.807) is 19.9 Å². The Hall–Kier alpha value is -3.34. The number of rotatable bonds is 12. The summed E-state index contributed by atoms with van der Waals surface area (Å²) in [4.78, 5) is 49.8. The van der Waals surface area contributed by atoms with Crippen molar-refractivity contribution >= 4 is 24.2 Å². The Morgan fingerprint density at radius 3 is 1.73 bits per heavy atom. The molecule has 0 aliphatic heterocycles. The Morgan fingerprint density at radius 2 is 1.27 bits per heavy atom. The molecule has 41 heavy (non-hydrogen) atoms. The quantitative estimate of drug-likeness (QED) is 0.187. The van der Waals surface area contributed by atoms with Crippen molar-refractivity contribution < 1.29 is 47.6 Å². The summed E-state index contributed by atoms with van der Waals surface area (Å²) >= 11 is 0. The minimum Gasteiger partial charge on any atom is -0.468 e. The molecule has 0 unspecified atom stereocenters. The van der Waals surface area contributed by atoms with Gasteiger partial charge < -0.3 is 34.2 Å². The van der Waals surface area contributed by atoms with Gasteiger partial charge in [-0.25, -0.2) is 9.59 Å². The minimum absolute atomic E-state index is 0.0353. The number of hydrogen-bond donors (Lipinski definition) is 1. The molecule has 1 aromatic carbocycles. The lowest BCUT2D eigenvalue weighted by molar-refractivity contribution is -0.157. The van der Waals surface area contributed by atoms with E-state index in [1.165, 1.54) is 19.2 Å². The first-order valence-electron chi connectivity index (χ1n) is 13.6. The summed E-state index contributed by atoms with van der Waals surface area (Å²) in [7, 11) is 1.20. The Bertz CT molecular complexity index is 1070. The standard InChI is InChI=1S/C30H47NO10/c1-11-29(8,9)23(32)37-15-14-30(31,24(33)36-10)17-20-12-13-21(40-25(34)38-18-27(2,3)4)22(16-20)41-26(35)39-19-28(5,6)7/h12-13,16H,11,14-15,17-19,31H2,1-10H3/t30-/m1/s1. The average Bonchev–Trinajstić information content (AvgIpc) is 2.86. The van der Waals surface area contributed by atoms with Crippen molar-refractivity contribution in [3.8, 4) is 11.5 Å². The molecule has 0 aromatic heterocycles. The van der Waals surface area contributed by atoms with Crippen LogP contribution >= 0.6 is 0 Å².